The summed E-state index contributed by atoms with van der Waals surface area (Å²) < 4.78 is 13.0. The molecule has 1 fully saturated rings. The van der Waals surface area contributed by atoms with Crippen molar-refractivity contribution < 1.29 is 14.6 Å². The Hall–Kier alpha value is -2.53. The molecule has 5 heteroatoms. The minimum absolute atomic E-state index is 0.239. The highest BCUT2D eigenvalue weighted by Gasteiger charge is 2.30. The van der Waals surface area contributed by atoms with Crippen LogP contribution in [0.5, 0.6) is 11.5 Å². The Labute approximate surface area is 146 Å². The van der Waals surface area contributed by atoms with Gasteiger partial charge in [0, 0.05) is 5.92 Å². The first-order valence-electron chi connectivity index (χ1n) is 8.64. The third-order valence-electron chi connectivity index (χ3n) is 4.52. The largest absolute Gasteiger partial charge is 0.497 e. The van der Waals surface area contributed by atoms with Crippen LogP contribution >= 0.6 is 0 Å². The fourth-order valence-corrected chi connectivity index (χ4v) is 3.07. The summed E-state index contributed by atoms with van der Waals surface area (Å²) in [6, 6.07) is 15.5. The number of hydrogen-bond donors (Lipinski definition) is 1. The highest BCUT2D eigenvalue weighted by atomic mass is 16.5. The zero-order valence-corrected chi connectivity index (χ0v) is 14.3. The van der Waals surface area contributed by atoms with Gasteiger partial charge in [-0.3, -0.25) is 0 Å². The molecule has 1 aromatic heterocycles. The third-order valence-corrected chi connectivity index (χ3v) is 4.52. The van der Waals surface area contributed by atoms with Crippen molar-refractivity contribution in [3.8, 4) is 11.5 Å². The topological polar surface area (TPSA) is 56.5 Å². The van der Waals surface area contributed by atoms with Crippen molar-refractivity contribution in [3.05, 3.63) is 54.4 Å². The van der Waals surface area contributed by atoms with E-state index < -0.39 is 6.10 Å². The first-order valence-corrected chi connectivity index (χ1v) is 8.64. The monoisotopic (exact) mass is 338 g/mol. The van der Waals surface area contributed by atoms with Crippen molar-refractivity contribution in [1.29, 1.82) is 0 Å². The maximum Gasteiger partial charge on any atom is 0.119 e. The van der Waals surface area contributed by atoms with Gasteiger partial charge in [-0.15, -0.1) is 0 Å². The second kappa shape index (κ2) is 6.76. The van der Waals surface area contributed by atoms with E-state index in [1.54, 1.807) is 7.11 Å². The van der Waals surface area contributed by atoms with Crippen molar-refractivity contribution in [3.63, 3.8) is 0 Å². The Balaban J connectivity index is 1.46. The van der Waals surface area contributed by atoms with Gasteiger partial charge < -0.3 is 19.1 Å². The molecule has 1 heterocycles. The van der Waals surface area contributed by atoms with E-state index in [9.17, 15) is 5.11 Å². The number of ether oxygens (including phenoxy) is 2. The van der Waals surface area contributed by atoms with Crippen LogP contribution in [0.25, 0.3) is 11.0 Å². The third kappa shape index (κ3) is 3.46. The highest BCUT2D eigenvalue weighted by molar-refractivity contribution is 5.76. The van der Waals surface area contributed by atoms with E-state index in [2.05, 4.69) is 10.6 Å². The van der Waals surface area contributed by atoms with Crippen LogP contribution in [0.2, 0.25) is 0 Å². The number of fused-ring (bicyclic) bond motifs is 1. The maximum atomic E-state index is 10.5. The molecule has 130 valence electrons. The number of benzene rings is 2. The van der Waals surface area contributed by atoms with Gasteiger partial charge in [0.15, 0.2) is 0 Å². The van der Waals surface area contributed by atoms with Crippen molar-refractivity contribution >= 4 is 11.0 Å². The Bertz CT molecular complexity index is 853. The molecule has 1 saturated carbocycles. The molecule has 0 saturated heterocycles. The van der Waals surface area contributed by atoms with E-state index in [1.165, 1.54) is 12.8 Å². The molecule has 4 rings (SSSR count). The van der Waals surface area contributed by atoms with Crippen molar-refractivity contribution in [2.24, 2.45) is 0 Å². The molecule has 1 N–H and O–H groups in total. The molecule has 0 radical (unpaired) electrons. The second-order valence-corrected chi connectivity index (χ2v) is 6.48. The number of nitrogens with zero attached hydrogens (tertiary/aromatic N) is 2. The summed E-state index contributed by atoms with van der Waals surface area (Å²) >= 11 is 0. The summed E-state index contributed by atoms with van der Waals surface area (Å²) in [7, 11) is 1.63. The normalized spacial score (nSPS) is 15.3. The van der Waals surface area contributed by atoms with E-state index in [0.29, 0.717) is 12.5 Å². The lowest BCUT2D eigenvalue weighted by Gasteiger charge is -2.15. The molecule has 1 aliphatic rings. The number of rotatable bonds is 7. The predicted octanol–water partition coefficient (Wildman–Crippen LogP) is 3.36. The minimum atomic E-state index is -0.600. The molecule has 25 heavy (non-hydrogen) atoms. The number of hydrogen-bond acceptors (Lipinski definition) is 4. The molecule has 1 aliphatic carbocycles. The summed E-state index contributed by atoms with van der Waals surface area (Å²) in [6.45, 7) is 0.728. The van der Waals surface area contributed by atoms with Crippen LogP contribution in [0.15, 0.2) is 48.5 Å². The van der Waals surface area contributed by atoms with Gasteiger partial charge in [0.1, 0.15) is 30.0 Å². The Morgan fingerprint density at radius 2 is 1.84 bits per heavy atom. The number of methoxy groups -OCH3 is 1. The zero-order valence-electron chi connectivity index (χ0n) is 14.3. The fraction of sp³-hybridized carbons (Fsp3) is 0.350. The van der Waals surface area contributed by atoms with Crippen LogP contribution in [0.3, 0.4) is 0 Å². The average Bonchev–Trinajstić information content (AvgIpc) is 3.43. The highest BCUT2D eigenvalue weighted by Crippen LogP contribution is 2.40. The van der Waals surface area contributed by atoms with E-state index in [4.69, 9.17) is 14.5 Å². The summed E-state index contributed by atoms with van der Waals surface area (Å²) in [5.41, 5.74) is 2.07. The molecule has 1 atom stereocenters. The van der Waals surface area contributed by atoms with E-state index in [1.807, 2.05) is 42.5 Å². The van der Waals surface area contributed by atoms with Gasteiger partial charge in [-0.25, -0.2) is 4.98 Å². The average molecular weight is 338 g/mol. The summed E-state index contributed by atoms with van der Waals surface area (Å²) in [6.07, 6.45) is 1.76. The van der Waals surface area contributed by atoms with Gasteiger partial charge in [0.2, 0.25) is 0 Å². The lowest BCUT2D eigenvalue weighted by molar-refractivity contribution is 0.0927. The van der Waals surface area contributed by atoms with Crippen LogP contribution in [0.1, 0.15) is 24.6 Å². The molecule has 0 unspecified atom stereocenters. The summed E-state index contributed by atoms with van der Waals surface area (Å²) in [5.74, 6) is 3.12. The first kappa shape index (κ1) is 16.0. The SMILES string of the molecule is COc1ccc(OC[C@@H](O)Cn2c(C3CC3)nc3ccccc32)cc1. The Morgan fingerprint density at radius 1 is 1.12 bits per heavy atom. The smallest absolute Gasteiger partial charge is 0.119 e. The van der Waals surface area contributed by atoms with Crippen molar-refractivity contribution in [2.75, 3.05) is 13.7 Å². The molecule has 2 aromatic carbocycles. The minimum Gasteiger partial charge on any atom is -0.497 e. The fourth-order valence-electron chi connectivity index (χ4n) is 3.07. The van der Waals surface area contributed by atoms with Gasteiger partial charge >= 0.3 is 0 Å². The van der Waals surface area contributed by atoms with E-state index >= 15 is 0 Å². The van der Waals surface area contributed by atoms with Gasteiger partial charge in [-0.2, -0.15) is 0 Å². The Morgan fingerprint density at radius 3 is 2.56 bits per heavy atom. The molecule has 0 amide bonds. The van der Waals surface area contributed by atoms with Crippen molar-refractivity contribution in [2.45, 2.75) is 31.4 Å². The lowest BCUT2D eigenvalue weighted by atomic mass is 10.3. The molecule has 3 aromatic rings. The standard InChI is InChI=1S/C20H22N2O3/c1-24-16-8-10-17(11-9-16)25-13-15(23)12-22-19-5-3-2-4-18(19)21-20(22)14-6-7-14/h2-5,8-11,14-15,23H,6-7,12-13H2,1H3/t15-/m0/s1. The summed E-state index contributed by atoms with van der Waals surface area (Å²) in [5, 5.41) is 10.5. The van der Waals surface area contributed by atoms with E-state index in [-0.39, 0.29) is 6.61 Å². The van der Waals surface area contributed by atoms with Gasteiger partial charge in [0.05, 0.1) is 24.7 Å². The zero-order chi connectivity index (χ0) is 17.2. The number of aliphatic hydroxyl groups is 1. The van der Waals surface area contributed by atoms with Crippen LogP contribution in [0, 0.1) is 0 Å². The Kier molecular flexibility index (Phi) is 4.32. The second-order valence-electron chi connectivity index (χ2n) is 6.48. The number of aliphatic hydroxyl groups excluding tert-OH is 1. The number of para-hydroxylation sites is 2. The summed E-state index contributed by atoms with van der Waals surface area (Å²) in [4.78, 5) is 4.76. The molecular formula is C20H22N2O3. The maximum absolute atomic E-state index is 10.5. The first-order chi connectivity index (χ1) is 12.2. The van der Waals surface area contributed by atoms with Gasteiger partial charge in [-0.1, -0.05) is 12.1 Å². The molecule has 5 nitrogen and oxygen atoms in total. The van der Waals surface area contributed by atoms with Crippen LogP contribution in [0.4, 0.5) is 0 Å². The van der Waals surface area contributed by atoms with Crippen LogP contribution < -0.4 is 9.47 Å². The van der Waals surface area contributed by atoms with Crippen LogP contribution in [-0.2, 0) is 6.54 Å². The number of aromatic nitrogens is 2. The van der Waals surface area contributed by atoms with Gasteiger partial charge in [-0.05, 0) is 49.2 Å². The van der Waals surface area contributed by atoms with Crippen LogP contribution in [-0.4, -0.2) is 34.5 Å². The molecule has 0 spiro atoms. The molecule has 0 bridgehead atoms. The lowest BCUT2D eigenvalue weighted by Crippen LogP contribution is -2.24. The van der Waals surface area contributed by atoms with Gasteiger partial charge in [0.25, 0.3) is 0 Å². The van der Waals surface area contributed by atoms with Crippen molar-refractivity contribution in [1.82, 2.24) is 9.55 Å². The molecule has 0 aliphatic heterocycles. The predicted molar refractivity (Wildman–Crippen MR) is 96.2 cm³/mol. The quantitative estimate of drug-likeness (QED) is 0.718. The van der Waals surface area contributed by atoms with E-state index in [0.717, 1.165) is 28.4 Å². The molecular weight excluding hydrogens is 316 g/mol. The number of imidazole rings is 1.